The third kappa shape index (κ3) is 7.08. The number of hydrogen-bond donors (Lipinski definition) is 2. The fourth-order valence-electron chi connectivity index (χ4n) is 4.25. The Hall–Kier alpha value is -0.900. The molecule has 0 radical (unpaired) electrons. The van der Waals surface area contributed by atoms with Gasteiger partial charge in [-0.05, 0) is 45.3 Å². The van der Waals surface area contributed by atoms with Crippen molar-refractivity contribution in [1.82, 2.24) is 20.4 Å². The van der Waals surface area contributed by atoms with Crippen LogP contribution in [-0.2, 0) is 11.3 Å². The summed E-state index contributed by atoms with van der Waals surface area (Å²) in [5.41, 5.74) is 1.55. The van der Waals surface area contributed by atoms with Crippen LogP contribution in [0.4, 0.5) is 0 Å². The van der Waals surface area contributed by atoms with Crippen molar-refractivity contribution in [3.63, 3.8) is 0 Å². The summed E-state index contributed by atoms with van der Waals surface area (Å²) in [4.78, 5) is 9.37. The van der Waals surface area contributed by atoms with Gasteiger partial charge >= 0.3 is 0 Å². The normalized spacial score (nSPS) is 20.9. The topological polar surface area (TPSA) is 52.1 Å². The molecular formula is C22H38IN5O. The van der Waals surface area contributed by atoms with Crippen LogP contribution in [0.25, 0.3) is 0 Å². The first-order chi connectivity index (χ1) is 13.6. The first-order valence-electron chi connectivity index (χ1n) is 10.6. The highest BCUT2D eigenvalue weighted by Gasteiger charge is 2.35. The van der Waals surface area contributed by atoms with Crippen LogP contribution in [0.15, 0.2) is 35.3 Å². The Kier molecular flexibility index (Phi) is 10.1. The van der Waals surface area contributed by atoms with Crippen molar-refractivity contribution in [3.05, 3.63) is 35.9 Å². The molecule has 2 saturated heterocycles. The van der Waals surface area contributed by atoms with Gasteiger partial charge in [0.15, 0.2) is 5.96 Å². The number of halogens is 1. The molecule has 2 aliphatic rings. The maximum Gasteiger partial charge on any atom is 0.191 e. The van der Waals surface area contributed by atoms with Crippen molar-refractivity contribution in [3.8, 4) is 0 Å². The zero-order chi connectivity index (χ0) is 19.8. The number of hydrogen-bond acceptors (Lipinski definition) is 4. The third-order valence-corrected chi connectivity index (χ3v) is 6.36. The number of benzene rings is 1. The molecule has 0 amide bonds. The van der Waals surface area contributed by atoms with Crippen LogP contribution in [-0.4, -0.2) is 81.3 Å². The van der Waals surface area contributed by atoms with E-state index in [1.807, 2.05) is 7.05 Å². The molecule has 2 aliphatic heterocycles. The molecule has 1 aromatic carbocycles. The van der Waals surface area contributed by atoms with Crippen molar-refractivity contribution < 1.29 is 4.74 Å². The van der Waals surface area contributed by atoms with Crippen LogP contribution in [0.2, 0.25) is 0 Å². The third-order valence-electron chi connectivity index (χ3n) is 6.36. The number of nitrogens with zero attached hydrogens (tertiary/aromatic N) is 3. The lowest BCUT2D eigenvalue weighted by Crippen LogP contribution is -2.58. The molecule has 0 bridgehead atoms. The molecule has 6 nitrogen and oxygen atoms in total. The Labute approximate surface area is 193 Å². The minimum Gasteiger partial charge on any atom is -0.381 e. The molecule has 0 unspecified atom stereocenters. The number of piperidine rings is 1. The number of rotatable bonds is 6. The van der Waals surface area contributed by atoms with Crippen molar-refractivity contribution in [1.29, 1.82) is 0 Å². The van der Waals surface area contributed by atoms with Crippen LogP contribution < -0.4 is 10.6 Å². The molecular weight excluding hydrogens is 477 g/mol. The van der Waals surface area contributed by atoms with Crippen LogP contribution in [0.3, 0.4) is 0 Å². The molecule has 29 heavy (non-hydrogen) atoms. The molecule has 0 spiro atoms. The lowest BCUT2D eigenvalue weighted by molar-refractivity contribution is -0.00504. The summed E-state index contributed by atoms with van der Waals surface area (Å²) in [6.07, 6.45) is 4.42. The number of likely N-dealkylation sites (N-methyl/N-ethyl adjacent to an activating group) is 1. The van der Waals surface area contributed by atoms with Crippen molar-refractivity contribution >= 4 is 29.9 Å². The Balaban J connectivity index is 0.00000300. The van der Waals surface area contributed by atoms with E-state index in [-0.39, 0.29) is 29.5 Å². The van der Waals surface area contributed by atoms with Gasteiger partial charge in [0.2, 0.25) is 0 Å². The smallest absolute Gasteiger partial charge is 0.191 e. The van der Waals surface area contributed by atoms with E-state index in [1.54, 1.807) is 0 Å². The van der Waals surface area contributed by atoms with Crippen LogP contribution >= 0.6 is 24.0 Å². The zero-order valence-corrected chi connectivity index (χ0v) is 20.5. The van der Waals surface area contributed by atoms with Crippen LogP contribution in [0.5, 0.6) is 0 Å². The maximum absolute atomic E-state index is 5.58. The molecule has 2 heterocycles. The van der Waals surface area contributed by atoms with E-state index in [2.05, 4.69) is 69.9 Å². The Bertz CT molecular complexity index is 611. The largest absolute Gasteiger partial charge is 0.381 e. The van der Waals surface area contributed by atoms with Crippen molar-refractivity contribution in [2.75, 3.05) is 54.0 Å². The number of aliphatic imine (C=N–C) groups is 1. The number of guanidine groups is 1. The molecule has 2 fully saturated rings. The first-order valence-corrected chi connectivity index (χ1v) is 10.6. The standard InChI is InChI=1S/C22H37N5O.HI/c1-23-21(24-18-22(26(2)3)11-15-28-16-12-22)25-20-9-13-27(14-10-20)17-19-7-5-4-6-8-19;/h4-8,20H,9-18H2,1-3H3,(H2,23,24,25);1H. The molecule has 7 heteroatoms. The molecule has 2 N–H and O–H groups in total. The Morgan fingerprint density at radius 2 is 1.83 bits per heavy atom. The highest BCUT2D eigenvalue weighted by Crippen LogP contribution is 2.25. The molecule has 0 aliphatic carbocycles. The van der Waals surface area contributed by atoms with Crippen molar-refractivity contribution in [2.24, 2.45) is 4.99 Å². The Morgan fingerprint density at radius 3 is 2.41 bits per heavy atom. The second kappa shape index (κ2) is 12.1. The summed E-state index contributed by atoms with van der Waals surface area (Å²) < 4.78 is 5.58. The van der Waals surface area contributed by atoms with E-state index >= 15 is 0 Å². The summed E-state index contributed by atoms with van der Waals surface area (Å²) in [6.45, 7) is 5.88. The predicted octanol–water partition coefficient (Wildman–Crippen LogP) is 2.54. The molecule has 0 atom stereocenters. The zero-order valence-electron chi connectivity index (χ0n) is 18.2. The van der Waals surface area contributed by atoms with E-state index in [1.165, 1.54) is 5.56 Å². The number of likely N-dealkylation sites (tertiary alicyclic amines) is 1. The summed E-state index contributed by atoms with van der Waals surface area (Å²) in [6, 6.07) is 11.2. The van der Waals surface area contributed by atoms with Gasteiger partial charge in [0.25, 0.3) is 0 Å². The number of ether oxygens (including phenoxy) is 1. The average molecular weight is 515 g/mol. The van der Waals surface area contributed by atoms with Crippen molar-refractivity contribution in [2.45, 2.75) is 43.8 Å². The second-order valence-corrected chi connectivity index (χ2v) is 8.34. The van der Waals surface area contributed by atoms with E-state index in [4.69, 9.17) is 4.74 Å². The predicted molar refractivity (Wildman–Crippen MR) is 131 cm³/mol. The van der Waals surface area contributed by atoms with Gasteiger partial charge in [-0.3, -0.25) is 9.89 Å². The fourth-order valence-corrected chi connectivity index (χ4v) is 4.25. The van der Waals surface area contributed by atoms with E-state index < -0.39 is 0 Å². The van der Waals surface area contributed by atoms with Gasteiger partial charge in [-0.25, -0.2) is 0 Å². The molecule has 1 aromatic rings. The summed E-state index contributed by atoms with van der Waals surface area (Å²) in [7, 11) is 6.21. The molecule has 3 rings (SSSR count). The van der Waals surface area contributed by atoms with Gasteiger partial charge in [-0.1, -0.05) is 30.3 Å². The number of nitrogens with one attached hydrogen (secondary N) is 2. The van der Waals surface area contributed by atoms with Gasteiger partial charge in [0, 0.05) is 58.0 Å². The fraction of sp³-hybridized carbons (Fsp3) is 0.682. The second-order valence-electron chi connectivity index (χ2n) is 8.34. The van der Waals surface area contributed by atoms with Gasteiger partial charge in [-0.2, -0.15) is 0 Å². The van der Waals surface area contributed by atoms with Crippen LogP contribution in [0.1, 0.15) is 31.2 Å². The highest BCUT2D eigenvalue weighted by atomic mass is 127. The average Bonchev–Trinajstić information content (AvgIpc) is 2.73. The minimum atomic E-state index is 0. The SMILES string of the molecule is CN=C(NCC1(N(C)C)CCOCC1)NC1CCN(Cc2ccccc2)CC1.I. The Morgan fingerprint density at radius 1 is 1.17 bits per heavy atom. The quantitative estimate of drug-likeness (QED) is 0.347. The summed E-state index contributed by atoms with van der Waals surface area (Å²) in [5, 5.41) is 7.24. The van der Waals surface area contributed by atoms with E-state index in [0.717, 1.165) is 71.0 Å². The minimum absolute atomic E-state index is 0. The summed E-state index contributed by atoms with van der Waals surface area (Å²) in [5.74, 6) is 0.925. The lowest BCUT2D eigenvalue weighted by Gasteiger charge is -2.43. The van der Waals surface area contributed by atoms with Gasteiger partial charge in [0.1, 0.15) is 0 Å². The molecule has 0 saturated carbocycles. The summed E-state index contributed by atoms with van der Waals surface area (Å²) >= 11 is 0. The molecule has 164 valence electrons. The molecule has 0 aromatic heterocycles. The van der Waals surface area contributed by atoms with Gasteiger partial charge in [-0.15, -0.1) is 24.0 Å². The lowest BCUT2D eigenvalue weighted by atomic mass is 9.88. The monoisotopic (exact) mass is 515 g/mol. The van der Waals surface area contributed by atoms with E-state index in [9.17, 15) is 0 Å². The van der Waals surface area contributed by atoms with Gasteiger partial charge in [0.05, 0.1) is 0 Å². The van der Waals surface area contributed by atoms with Crippen LogP contribution in [0, 0.1) is 0 Å². The maximum atomic E-state index is 5.58. The van der Waals surface area contributed by atoms with E-state index in [0.29, 0.717) is 6.04 Å². The highest BCUT2D eigenvalue weighted by molar-refractivity contribution is 14.0. The first kappa shape index (κ1) is 24.4. The van der Waals surface area contributed by atoms with Gasteiger partial charge < -0.3 is 20.3 Å².